The van der Waals surface area contributed by atoms with Crippen LogP contribution in [0, 0.1) is 13.8 Å². The van der Waals surface area contributed by atoms with Crippen molar-refractivity contribution in [2.24, 2.45) is 0 Å². The van der Waals surface area contributed by atoms with Crippen LogP contribution in [-0.2, 0) is 11.0 Å². The SMILES string of the molecule is CC[C@@H](Oc1cc(C)ccc1C)C(=O)Nc1ccc(C(F)(F)F)cc1. The van der Waals surface area contributed by atoms with Crippen molar-refractivity contribution in [3.63, 3.8) is 0 Å². The summed E-state index contributed by atoms with van der Waals surface area (Å²) in [5.41, 5.74) is 1.45. The zero-order valence-corrected chi connectivity index (χ0v) is 14.3. The van der Waals surface area contributed by atoms with E-state index in [1.54, 1.807) is 0 Å². The lowest BCUT2D eigenvalue weighted by Crippen LogP contribution is -2.32. The van der Waals surface area contributed by atoms with Crippen molar-refractivity contribution >= 4 is 11.6 Å². The molecule has 0 bridgehead atoms. The molecule has 2 aromatic carbocycles. The smallest absolute Gasteiger partial charge is 0.416 e. The van der Waals surface area contributed by atoms with E-state index >= 15 is 0 Å². The number of carbonyl (C=O) groups is 1. The normalized spacial score (nSPS) is 12.6. The Morgan fingerprint density at radius 3 is 2.32 bits per heavy atom. The molecule has 0 aliphatic carbocycles. The zero-order chi connectivity index (χ0) is 18.6. The number of rotatable bonds is 5. The van der Waals surface area contributed by atoms with Crippen molar-refractivity contribution in [2.45, 2.75) is 39.5 Å². The Bertz CT molecular complexity index is 739. The van der Waals surface area contributed by atoms with Gasteiger partial charge in [0.15, 0.2) is 6.10 Å². The molecule has 134 valence electrons. The maximum absolute atomic E-state index is 12.6. The molecule has 0 unspecified atom stereocenters. The summed E-state index contributed by atoms with van der Waals surface area (Å²) in [6.45, 7) is 5.62. The first-order valence-corrected chi connectivity index (χ1v) is 7.92. The summed E-state index contributed by atoms with van der Waals surface area (Å²) >= 11 is 0. The largest absolute Gasteiger partial charge is 0.480 e. The third kappa shape index (κ3) is 4.98. The summed E-state index contributed by atoms with van der Waals surface area (Å²) in [4.78, 5) is 12.4. The minimum atomic E-state index is -4.40. The molecule has 6 heteroatoms. The Balaban J connectivity index is 2.08. The van der Waals surface area contributed by atoms with Crippen LogP contribution in [0.5, 0.6) is 5.75 Å². The number of amides is 1. The fourth-order valence-electron chi connectivity index (χ4n) is 2.28. The second-order valence-corrected chi connectivity index (χ2v) is 5.85. The second kappa shape index (κ2) is 7.59. The molecule has 0 aliphatic rings. The highest BCUT2D eigenvalue weighted by atomic mass is 19.4. The van der Waals surface area contributed by atoms with Crippen LogP contribution >= 0.6 is 0 Å². The molecule has 1 atom stereocenters. The number of anilines is 1. The van der Waals surface area contributed by atoms with E-state index in [0.717, 1.165) is 23.3 Å². The van der Waals surface area contributed by atoms with E-state index in [-0.39, 0.29) is 0 Å². The number of hydrogen-bond acceptors (Lipinski definition) is 2. The maximum Gasteiger partial charge on any atom is 0.416 e. The minimum absolute atomic E-state index is 0.293. The summed E-state index contributed by atoms with van der Waals surface area (Å²) in [5.74, 6) is 0.220. The van der Waals surface area contributed by atoms with Gasteiger partial charge in [0, 0.05) is 5.69 Å². The number of aryl methyl sites for hydroxylation is 2. The summed E-state index contributed by atoms with van der Waals surface area (Å²) in [7, 11) is 0. The Kier molecular flexibility index (Phi) is 5.72. The van der Waals surface area contributed by atoms with Crippen LogP contribution in [-0.4, -0.2) is 12.0 Å². The van der Waals surface area contributed by atoms with Gasteiger partial charge in [-0.1, -0.05) is 19.1 Å². The van der Waals surface area contributed by atoms with E-state index in [1.807, 2.05) is 39.0 Å². The molecule has 3 nitrogen and oxygen atoms in total. The van der Waals surface area contributed by atoms with Gasteiger partial charge < -0.3 is 10.1 Å². The Morgan fingerprint density at radius 1 is 1.12 bits per heavy atom. The molecule has 2 rings (SSSR count). The lowest BCUT2D eigenvalue weighted by atomic mass is 10.1. The lowest BCUT2D eigenvalue weighted by Gasteiger charge is -2.19. The average molecular weight is 351 g/mol. The number of nitrogens with one attached hydrogen (secondary N) is 1. The Hall–Kier alpha value is -2.50. The fourth-order valence-corrected chi connectivity index (χ4v) is 2.28. The van der Waals surface area contributed by atoms with Crippen LogP contribution < -0.4 is 10.1 Å². The van der Waals surface area contributed by atoms with Crippen LogP contribution in [0.15, 0.2) is 42.5 Å². The van der Waals surface area contributed by atoms with Gasteiger partial charge >= 0.3 is 6.18 Å². The highest BCUT2D eigenvalue weighted by Crippen LogP contribution is 2.30. The predicted molar refractivity (Wildman–Crippen MR) is 90.7 cm³/mol. The van der Waals surface area contributed by atoms with Gasteiger partial charge in [0.05, 0.1) is 5.56 Å². The van der Waals surface area contributed by atoms with Crippen molar-refractivity contribution in [1.82, 2.24) is 0 Å². The third-order valence-electron chi connectivity index (χ3n) is 3.76. The van der Waals surface area contributed by atoms with Crippen LogP contribution in [0.3, 0.4) is 0 Å². The van der Waals surface area contributed by atoms with Gasteiger partial charge in [0.2, 0.25) is 0 Å². The van der Waals surface area contributed by atoms with Crippen molar-refractivity contribution in [3.05, 3.63) is 59.2 Å². The standard InChI is InChI=1S/C19H20F3NO2/c1-4-16(25-17-11-12(2)5-6-13(17)3)18(24)23-15-9-7-14(8-10-15)19(20,21)22/h5-11,16H,4H2,1-3H3,(H,23,24)/t16-/m1/s1. The minimum Gasteiger partial charge on any atom is -0.480 e. The summed E-state index contributed by atoms with van der Waals surface area (Å²) < 4.78 is 43.5. The van der Waals surface area contributed by atoms with Crippen molar-refractivity contribution < 1.29 is 22.7 Å². The number of benzene rings is 2. The van der Waals surface area contributed by atoms with E-state index in [0.29, 0.717) is 17.9 Å². The van der Waals surface area contributed by atoms with Gasteiger partial charge in [-0.3, -0.25) is 4.79 Å². The maximum atomic E-state index is 12.6. The molecule has 25 heavy (non-hydrogen) atoms. The van der Waals surface area contributed by atoms with E-state index in [9.17, 15) is 18.0 Å². The highest BCUT2D eigenvalue weighted by molar-refractivity contribution is 5.94. The van der Waals surface area contributed by atoms with Gasteiger partial charge in [0.25, 0.3) is 5.91 Å². The quantitative estimate of drug-likeness (QED) is 0.812. The highest BCUT2D eigenvalue weighted by Gasteiger charge is 2.30. The third-order valence-corrected chi connectivity index (χ3v) is 3.76. The molecule has 0 saturated carbocycles. The van der Waals surface area contributed by atoms with Crippen LogP contribution in [0.4, 0.5) is 18.9 Å². The van der Waals surface area contributed by atoms with Crippen LogP contribution in [0.2, 0.25) is 0 Å². The first-order valence-electron chi connectivity index (χ1n) is 7.92. The molecule has 0 saturated heterocycles. The first-order chi connectivity index (χ1) is 11.7. The molecule has 2 aromatic rings. The van der Waals surface area contributed by atoms with Gasteiger partial charge in [-0.15, -0.1) is 0 Å². The summed E-state index contributed by atoms with van der Waals surface area (Å²) in [5, 5.41) is 2.59. The number of ether oxygens (including phenoxy) is 1. The van der Waals surface area contributed by atoms with E-state index in [1.165, 1.54) is 12.1 Å². The Morgan fingerprint density at radius 2 is 1.76 bits per heavy atom. The Labute approximate surface area is 144 Å². The second-order valence-electron chi connectivity index (χ2n) is 5.85. The summed E-state index contributed by atoms with van der Waals surface area (Å²) in [6, 6.07) is 10.0. The number of hydrogen-bond donors (Lipinski definition) is 1. The van der Waals surface area contributed by atoms with Gasteiger partial charge in [-0.05, 0) is 61.7 Å². The first kappa shape index (κ1) is 18.8. The number of halogens is 3. The van der Waals surface area contributed by atoms with Gasteiger partial charge in [0.1, 0.15) is 5.75 Å². The molecule has 0 aliphatic heterocycles. The number of alkyl halides is 3. The molecule has 0 aromatic heterocycles. The lowest BCUT2D eigenvalue weighted by molar-refractivity contribution is -0.137. The van der Waals surface area contributed by atoms with Crippen LogP contribution in [0.1, 0.15) is 30.0 Å². The topological polar surface area (TPSA) is 38.3 Å². The average Bonchev–Trinajstić information content (AvgIpc) is 2.55. The molecule has 0 radical (unpaired) electrons. The molecular weight excluding hydrogens is 331 g/mol. The van der Waals surface area contributed by atoms with Gasteiger partial charge in [-0.25, -0.2) is 0 Å². The van der Waals surface area contributed by atoms with Crippen LogP contribution in [0.25, 0.3) is 0 Å². The fraction of sp³-hybridized carbons (Fsp3) is 0.316. The van der Waals surface area contributed by atoms with Crippen molar-refractivity contribution in [1.29, 1.82) is 0 Å². The van der Waals surface area contributed by atoms with Crippen molar-refractivity contribution in [3.8, 4) is 5.75 Å². The van der Waals surface area contributed by atoms with Crippen molar-refractivity contribution in [2.75, 3.05) is 5.32 Å². The molecular formula is C19H20F3NO2. The molecule has 0 fully saturated rings. The molecule has 0 spiro atoms. The van der Waals surface area contributed by atoms with E-state index in [2.05, 4.69) is 5.32 Å². The van der Waals surface area contributed by atoms with E-state index < -0.39 is 23.8 Å². The monoisotopic (exact) mass is 351 g/mol. The predicted octanol–water partition coefficient (Wildman–Crippen LogP) is 5.12. The van der Waals surface area contributed by atoms with E-state index in [4.69, 9.17) is 4.74 Å². The zero-order valence-electron chi connectivity index (χ0n) is 14.3. The van der Waals surface area contributed by atoms with Gasteiger partial charge in [-0.2, -0.15) is 13.2 Å². The summed E-state index contributed by atoms with van der Waals surface area (Å²) in [6.07, 6.45) is -4.71. The number of carbonyl (C=O) groups excluding carboxylic acids is 1. The molecule has 1 amide bonds. The molecule has 0 heterocycles. The molecule has 1 N–H and O–H groups in total.